The Morgan fingerprint density at radius 1 is 1.41 bits per heavy atom. The molecule has 2 N–H and O–H groups in total. The maximum atomic E-state index is 11.3. The molecule has 0 bridgehead atoms. The molecular weight excluding hydrogens is 218 g/mol. The second-order valence-electron chi connectivity index (χ2n) is 4.97. The van der Waals surface area contributed by atoms with Gasteiger partial charge < -0.3 is 15.2 Å². The number of carbonyl (C=O) groups is 1. The van der Waals surface area contributed by atoms with Gasteiger partial charge in [-0.2, -0.15) is 0 Å². The maximum Gasteiger partial charge on any atom is 0.224 e. The summed E-state index contributed by atoms with van der Waals surface area (Å²) in [5.74, 6) is 0.699. The molecule has 0 unspecified atom stereocenters. The first-order chi connectivity index (χ1) is 7.94. The number of rotatable bonds is 3. The number of aryl methyl sites for hydroxylation is 1. The van der Waals surface area contributed by atoms with Crippen molar-refractivity contribution in [2.24, 2.45) is 0 Å². The quantitative estimate of drug-likeness (QED) is 0.838. The normalized spacial score (nSPS) is 15.1. The third-order valence-corrected chi connectivity index (χ3v) is 2.57. The van der Waals surface area contributed by atoms with E-state index in [-0.39, 0.29) is 12.5 Å². The summed E-state index contributed by atoms with van der Waals surface area (Å²) in [6, 6.07) is 5.62. The molecule has 92 valence electrons. The molecule has 2 rings (SSSR count). The van der Waals surface area contributed by atoms with E-state index in [4.69, 9.17) is 4.74 Å². The largest absolute Gasteiger partial charge is 0.491 e. The van der Waals surface area contributed by atoms with Crippen LogP contribution in [-0.4, -0.2) is 23.2 Å². The van der Waals surface area contributed by atoms with Gasteiger partial charge in [0.2, 0.25) is 5.91 Å². The number of hydrogen-bond acceptors (Lipinski definition) is 3. The molecule has 0 saturated heterocycles. The lowest BCUT2D eigenvalue weighted by Crippen LogP contribution is -2.28. The lowest BCUT2D eigenvalue weighted by Gasteiger charge is -2.20. The summed E-state index contributed by atoms with van der Waals surface area (Å²) in [6.07, 6.45) is 1.31. The molecule has 17 heavy (non-hydrogen) atoms. The van der Waals surface area contributed by atoms with E-state index in [0.717, 1.165) is 17.7 Å². The molecule has 1 amide bonds. The first-order valence-electron chi connectivity index (χ1n) is 5.72. The molecule has 0 fully saturated rings. The Hall–Kier alpha value is -1.55. The molecule has 0 aliphatic carbocycles. The number of hydrogen-bond donors (Lipinski definition) is 2. The molecule has 4 heteroatoms. The van der Waals surface area contributed by atoms with Crippen molar-refractivity contribution in [1.29, 1.82) is 0 Å². The number of fused-ring (bicyclic) bond motifs is 1. The molecule has 4 nitrogen and oxygen atoms in total. The third-order valence-electron chi connectivity index (χ3n) is 2.57. The lowest BCUT2D eigenvalue weighted by atomic mass is 10.0. The van der Waals surface area contributed by atoms with Gasteiger partial charge >= 0.3 is 0 Å². The predicted octanol–water partition coefficient (Wildman–Crippen LogP) is 1.72. The summed E-state index contributed by atoms with van der Waals surface area (Å²) in [7, 11) is 0. The van der Waals surface area contributed by atoms with Crippen LogP contribution in [0.5, 0.6) is 5.75 Å². The van der Waals surface area contributed by atoms with Crippen LogP contribution in [0.15, 0.2) is 18.2 Å². The minimum atomic E-state index is -0.862. The molecule has 0 spiro atoms. The number of ether oxygens (including phenoxy) is 1. The number of amides is 1. The highest BCUT2D eigenvalue weighted by atomic mass is 16.5. The molecule has 0 radical (unpaired) electrons. The molecule has 1 aromatic carbocycles. The summed E-state index contributed by atoms with van der Waals surface area (Å²) in [5.41, 5.74) is 1.08. The zero-order chi connectivity index (χ0) is 12.5. The van der Waals surface area contributed by atoms with Crippen LogP contribution >= 0.6 is 0 Å². The SMILES string of the molecule is CC(C)(O)COc1ccc2c(c1)NC(=O)CC2. The molecular formula is C13H17NO3. The first-order valence-corrected chi connectivity index (χ1v) is 5.72. The highest BCUT2D eigenvalue weighted by Crippen LogP contribution is 2.27. The van der Waals surface area contributed by atoms with Gasteiger partial charge in [0.1, 0.15) is 12.4 Å². The van der Waals surface area contributed by atoms with Crippen molar-refractivity contribution in [3.8, 4) is 5.75 Å². The number of nitrogens with one attached hydrogen (secondary N) is 1. The van der Waals surface area contributed by atoms with Crippen LogP contribution in [0, 0.1) is 0 Å². The van der Waals surface area contributed by atoms with Crippen molar-refractivity contribution >= 4 is 11.6 Å². The lowest BCUT2D eigenvalue weighted by molar-refractivity contribution is -0.116. The van der Waals surface area contributed by atoms with E-state index in [1.165, 1.54) is 0 Å². The van der Waals surface area contributed by atoms with Gasteiger partial charge in [-0.1, -0.05) is 6.07 Å². The van der Waals surface area contributed by atoms with Crippen LogP contribution in [0.1, 0.15) is 25.8 Å². The Morgan fingerprint density at radius 2 is 2.18 bits per heavy atom. The zero-order valence-electron chi connectivity index (χ0n) is 10.1. The van der Waals surface area contributed by atoms with E-state index >= 15 is 0 Å². The van der Waals surface area contributed by atoms with Crippen molar-refractivity contribution in [3.05, 3.63) is 23.8 Å². The van der Waals surface area contributed by atoms with E-state index in [1.807, 2.05) is 12.1 Å². The van der Waals surface area contributed by atoms with Crippen molar-refractivity contribution in [1.82, 2.24) is 0 Å². The molecule has 1 aromatic rings. The summed E-state index contributed by atoms with van der Waals surface area (Å²) in [4.78, 5) is 11.3. The summed E-state index contributed by atoms with van der Waals surface area (Å²) < 4.78 is 5.47. The number of aliphatic hydroxyl groups is 1. The maximum absolute atomic E-state index is 11.3. The van der Waals surface area contributed by atoms with Crippen molar-refractivity contribution in [2.75, 3.05) is 11.9 Å². The highest BCUT2D eigenvalue weighted by Gasteiger charge is 2.17. The van der Waals surface area contributed by atoms with Crippen molar-refractivity contribution < 1.29 is 14.6 Å². The minimum Gasteiger partial charge on any atom is -0.491 e. The average molecular weight is 235 g/mol. The number of carbonyl (C=O) groups excluding carboxylic acids is 1. The number of anilines is 1. The second kappa shape index (κ2) is 4.37. The van der Waals surface area contributed by atoms with Crippen LogP contribution in [0.3, 0.4) is 0 Å². The van der Waals surface area contributed by atoms with Gasteiger partial charge in [0.25, 0.3) is 0 Å². The zero-order valence-corrected chi connectivity index (χ0v) is 10.1. The van der Waals surface area contributed by atoms with Gasteiger partial charge in [-0.05, 0) is 31.9 Å². The van der Waals surface area contributed by atoms with Gasteiger partial charge in [-0.25, -0.2) is 0 Å². The Kier molecular flexibility index (Phi) is 3.07. The fourth-order valence-corrected chi connectivity index (χ4v) is 1.70. The third kappa shape index (κ3) is 3.20. The van der Waals surface area contributed by atoms with E-state index in [9.17, 15) is 9.90 Å². The monoisotopic (exact) mass is 235 g/mol. The average Bonchev–Trinajstić information content (AvgIpc) is 2.24. The molecule has 0 aromatic heterocycles. The van der Waals surface area contributed by atoms with Gasteiger partial charge in [0.15, 0.2) is 0 Å². The van der Waals surface area contributed by atoms with Crippen LogP contribution in [0.2, 0.25) is 0 Å². The van der Waals surface area contributed by atoms with Crippen LogP contribution in [0.4, 0.5) is 5.69 Å². The fraction of sp³-hybridized carbons (Fsp3) is 0.462. The van der Waals surface area contributed by atoms with Crippen molar-refractivity contribution in [3.63, 3.8) is 0 Å². The standard InChI is InChI=1S/C13H17NO3/c1-13(2,16)8-17-10-5-3-9-4-6-12(15)14-11(9)7-10/h3,5,7,16H,4,6,8H2,1-2H3,(H,14,15). The molecule has 1 heterocycles. The Balaban J connectivity index is 2.10. The summed E-state index contributed by atoms with van der Waals surface area (Å²) in [5, 5.41) is 12.4. The van der Waals surface area contributed by atoms with Gasteiger partial charge in [-0.15, -0.1) is 0 Å². The van der Waals surface area contributed by atoms with Gasteiger partial charge in [0, 0.05) is 18.2 Å². The summed E-state index contributed by atoms with van der Waals surface area (Å²) in [6.45, 7) is 3.60. The molecule has 1 aliphatic rings. The molecule has 0 atom stereocenters. The minimum absolute atomic E-state index is 0.0390. The number of benzene rings is 1. The van der Waals surface area contributed by atoms with Crippen LogP contribution in [-0.2, 0) is 11.2 Å². The van der Waals surface area contributed by atoms with Crippen LogP contribution < -0.4 is 10.1 Å². The Morgan fingerprint density at radius 3 is 2.88 bits per heavy atom. The van der Waals surface area contributed by atoms with Crippen LogP contribution in [0.25, 0.3) is 0 Å². The van der Waals surface area contributed by atoms with Gasteiger partial charge in [0.05, 0.1) is 5.60 Å². The predicted molar refractivity (Wildman–Crippen MR) is 65.2 cm³/mol. The van der Waals surface area contributed by atoms with E-state index in [1.54, 1.807) is 19.9 Å². The molecule has 1 aliphatic heterocycles. The first kappa shape index (κ1) is 11.9. The van der Waals surface area contributed by atoms with Gasteiger partial charge in [-0.3, -0.25) is 4.79 Å². The van der Waals surface area contributed by atoms with E-state index < -0.39 is 5.60 Å². The summed E-state index contributed by atoms with van der Waals surface area (Å²) >= 11 is 0. The highest BCUT2D eigenvalue weighted by molar-refractivity contribution is 5.94. The molecule has 0 saturated carbocycles. The van der Waals surface area contributed by atoms with E-state index in [0.29, 0.717) is 12.2 Å². The van der Waals surface area contributed by atoms with E-state index in [2.05, 4.69) is 5.32 Å². The second-order valence-corrected chi connectivity index (χ2v) is 4.97. The Bertz CT molecular complexity index is 435. The Labute approximate surface area is 101 Å². The topological polar surface area (TPSA) is 58.6 Å². The van der Waals surface area contributed by atoms with Crippen molar-refractivity contribution in [2.45, 2.75) is 32.3 Å². The fourth-order valence-electron chi connectivity index (χ4n) is 1.70. The smallest absolute Gasteiger partial charge is 0.224 e.